The van der Waals surface area contributed by atoms with Crippen molar-refractivity contribution < 1.29 is 9.59 Å². The van der Waals surface area contributed by atoms with E-state index in [0.717, 1.165) is 17.7 Å². The van der Waals surface area contributed by atoms with Gasteiger partial charge in [-0.25, -0.2) is 4.98 Å². The molecule has 0 radical (unpaired) electrons. The highest BCUT2D eigenvalue weighted by atomic mass is 16.2. The van der Waals surface area contributed by atoms with Gasteiger partial charge in [-0.05, 0) is 56.3 Å². The molecule has 2 aliphatic rings. The first-order valence-electron chi connectivity index (χ1n) is 10.2. The molecule has 1 unspecified atom stereocenters. The first kappa shape index (κ1) is 20.7. The van der Waals surface area contributed by atoms with Crippen LogP contribution in [0.5, 0.6) is 0 Å². The summed E-state index contributed by atoms with van der Waals surface area (Å²) in [6.07, 6.45) is 3.09. The zero-order valence-electron chi connectivity index (χ0n) is 17.8. The van der Waals surface area contributed by atoms with Crippen LogP contribution >= 0.6 is 0 Å². The molecule has 2 amide bonds. The Balaban J connectivity index is 1.48. The van der Waals surface area contributed by atoms with Crippen LogP contribution in [0.4, 0.5) is 5.82 Å². The number of nitrogens with zero attached hydrogens (tertiary/aromatic N) is 6. The van der Waals surface area contributed by atoms with Crippen LogP contribution in [0.25, 0.3) is 0 Å². The van der Waals surface area contributed by atoms with Crippen LogP contribution in [0.15, 0.2) is 41.6 Å². The van der Waals surface area contributed by atoms with Crippen LogP contribution in [0.3, 0.4) is 0 Å². The maximum absolute atomic E-state index is 13.0. The molecule has 31 heavy (non-hydrogen) atoms. The molecule has 4 rings (SSSR count). The van der Waals surface area contributed by atoms with E-state index in [0.29, 0.717) is 36.1 Å². The van der Waals surface area contributed by atoms with Crippen LogP contribution < -0.4 is 5.01 Å². The Morgan fingerprint density at radius 3 is 2.68 bits per heavy atom. The van der Waals surface area contributed by atoms with Gasteiger partial charge >= 0.3 is 0 Å². The lowest BCUT2D eigenvalue weighted by atomic mass is 9.94. The fourth-order valence-electron chi connectivity index (χ4n) is 3.92. The molecule has 2 aromatic rings. The number of hydrogen-bond donors (Lipinski definition) is 0. The summed E-state index contributed by atoms with van der Waals surface area (Å²) in [6.45, 7) is 6.17. The summed E-state index contributed by atoms with van der Waals surface area (Å²) >= 11 is 0. The number of carbonyl (C=O) groups is 2. The summed E-state index contributed by atoms with van der Waals surface area (Å²) in [5, 5.41) is 14.5. The molecule has 0 aliphatic carbocycles. The number of carbonyl (C=O) groups excluding carboxylic acids is 2. The number of pyridine rings is 1. The third-order valence-electron chi connectivity index (χ3n) is 6.00. The standard InChI is InChI=1S/C23H24N6O2/c1-15-10-17(11-24)4-6-19(15)20-13-26-29(23(20)31)21-7-5-18(12-25-21)22(30)28-9-8-27(3)16(2)14-28/h4-7,10,12-13,16,20H,8-9,14H2,1-3H3/t16-,20?/m1/s1. The molecule has 1 fully saturated rings. The van der Waals surface area contributed by atoms with E-state index in [-0.39, 0.29) is 11.8 Å². The molecule has 1 saturated heterocycles. The van der Waals surface area contributed by atoms with E-state index >= 15 is 0 Å². The minimum Gasteiger partial charge on any atom is -0.336 e. The third kappa shape index (κ3) is 3.92. The van der Waals surface area contributed by atoms with Crippen molar-refractivity contribution in [2.45, 2.75) is 25.8 Å². The molecule has 1 aromatic carbocycles. The highest BCUT2D eigenvalue weighted by Gasteiger charge is 2.33. The van der Waals surface area contributed by atoms with Crippen LogP contribution in [-0.2, 0) is 4.79 Å². The normalized spacial score (nSPS) is 21.4. The highest BCUT2D eigenvalue weighted by Crippen LogP contribution is 2.28. The lowest BCUT2D eigenvalue weighted by molar-refractivity contribution is -0.118. The lowest BCUT2D eigenvalue weighted by Gasteiger charge is -2.37. The van der Waals surface area contributed by atoms with Gasteiger partial charge in [0.15, 0.2) is 5.82 Å². The van der Waals surface area contributed by atoms with Crippen molar-refractivity contribution in [3.05, 3.63) is 58.8 Å². The van der Waals surface area contributed by atoms with E-state index in [4.69, 9.17) is 5.26 Å². The highest BCUT2D eigenvalue weighted by molar-refractivity contribution is 6.12. The summed E-state index contributed by atoms with van der Waals surface area (Å²) in [4.78, 5) is 34.2. The Kier molecular flexibility index (Phi) is 5.53. The summed E-state index contributed by atoms with van der Waals surface area (Å²) in [7, 11) is 2.06. The molecule has 0 spiro atoms. The molecule has 1 aromatic heterocycles. The number of likely N-dealkylation sites (N-methyl/N-ethyl adjacent to an activating group) is 1. The van der Waals surface area contributed by atoms with Gasteiger partial charge in [0, 0.05) is 38.1 Å². The maximum atomic E-state index is 13.0. The third-order valence-corrected chi connectivity index (χ3v) is 6.00. The van der Waals surface area contributed by atoms with Gasteiger partial charge in [0.2, 0.25) is 0 Å². The molecule has 3 heterocycles. The summed E-state index contributed by atoms with van der Waals surface area (Å²) in [6, 6.07) is 11.0. The number of amides is 2. The predicted molar refractivity (Wildman–Crippen MR) is 117 cm³/mol. The summed E-state index contributed by atoms with van der Waals surface area (Å²) in [5.41, 5.74) is 2.72. The second kappa shape index (κ2) is 8.28. The summed E-state index contributed by atoms with van der Waals surface area (Å²) < 4.78 is 0. The van der Waals surface area contributed by atoms with Crippen LogP contribution in [-0.4, -0.2) is 65.5 Å². The smallest absolute Gasteiger partial charge is 0.261 e. The SMILES string of the molecule is Cc1cc(C#N)ccc1C1C=NN(c2ccc(C(=O)N3CCN(C)[C@H](C)C3)cn2)C1=O. The maximum Gasteiger partial charge on any atom is 0.261 e. The van der Waals surface area contributed by atoms with E-state index in [2.05, 4.69) is 35.0 Å². The number of nitriles is 1. The minimum absolute atomic E-state index is 0.0543. The molecule has 2 aliphatic heterocycles. The topological polar surface area (TPSA) is 92.9 Å². The van der Waals surface area contributed by atoms with Crippen LogP contribution in [0, 0.1) is 18.3 Å². The minimum atomic E-state index is -0.525. The van der Waals surface area contributed by atoms with Crippen molar-refractivity contribution in [2.75, 3.05) is 31.7 Å². The quantitative estimate of drug-likeness (QED) is 0.764. The first-order valence-corrected chi connectivity index (χ1v) is 10.2. The van der Waals surface area contributed by atoms with E-state index in [1.54, 1.807) is 36.5 Å². The number of aromatic nitrogens is 1. The van der Waals surface area contributed by atoms with Crippen LogP contribution in [0.1, 0.15) is 39.9 Å². The van der Waals surface area contributed by atoms with E-state index in [1.165, 1.54) is 11.2 Å². The first-order chi connectivity index (χ1) is 14.9. The molecule has 158 valence electrons. The molecule has 8 heteroatoms. The zero-order valence-corrected chi connectivity index (χ0v) is 17.8. The second-order valence-electron chi connectivity index (χ2n) is 8.06. The Hall–Kier alpha value is -3.57. The largest absolute Gasteiger partial charge is 0.336 e. The van der Waals surface area contributed by atoms with Crippen molar-refractivity contribution in [2.24, 2.45) is 5.10 Å². The van der Waals surface area contributed by atoms with Crippen molar-refractivity contribution in [1.29, 1.82) is 5.26 Å². The van der Waals surface area contributed by atoms with Gasteiger partial charge in [-0.3, -0.25) is 9.59 Å². The molecule has 0 bridgehead atoms. The number of rotatable bonds is 3. The lowest BCUT2D eigenvalue weighted by Crippen LogP contribution is -2.52. The van der Waals surface area contributed by atoms with Gasteiger partial charge < -0.3 is 9.80 Å². The molecular weight excluding hydrogens is 392 g/mol. The van der Waals surface area contributed by atoms with E-state index in [9.17, 15) is 9.59 Å². The van der Waals surface area contributed by atoms with Gasteiger partial charge in [-0.1, -0.05) is 6.07 Å². The van der Waals surface area contributed by atoms with Gasteiger partial charge in [0.25, 0.3) is 11.8 Å². The van der Waals surface area contributed by atoms with Gasteiger partial charge in [-0.15, -0.1) is 0 Å². The van der Waals surface area contributed by atoms with Crippen molar-refractivity contribution in [3.63, 3.8) is 0 Å². The van der Waals surface area contributed by atoms with Gasteiger partial charge in [0.1, 0.15) is 5.92 Å². The fourth-order valence-corrected chi connectivity index (χ4v) is 3.92. The van der Waals surface area contributed by atoms with Gasteiger partial charge in [-0.2, -0.15) is 15.4 Å². The Morgan fingerprint density at radius 1 is 1.23 bits per heavy atom. The Labute approximate surface area is 181 Å². The number of aryl methyl sites for hydroxylation is 1. The average molecular weight is 416 g/mol. The molecule has 2 atom stereocenters. The van der Waals surface area contributed by atoms with Gasteiger partial charge in [0.05, 0.1) is 17.2 Å². The summed E-state index contributed by atoms with van der Waals surface area (Å²) in [5.74, 6) is -0.422. The van der Waals surface area contributed by atoms with Crippen molar-refractivity contribution in [3.8, 4) is 6.07 Å². The number of hydrogen-bond acceptors (Lipinski definition) is 6. The molecule has 8 nitrogen and oxygen atoms in total. The number of piperazine rings is 1. The predicted octanol–water partition coefficient (Wildman–Crippen LogP) is 2.15. The van der Waals surface area contributed by atoms with Crippen molar-refractivity contribution in [1.82, 2.24) is 14.8 Å². The average Bonchev–Trinajstić information content (AvgIpc) is 3.16. The second-order valence-corrected chi connectivity index (χ2v) is 8.06. The van der Waals surface area contributed by atoms with E-state index < -0.39 is 5.92 Å². The fraction of sp³-hybridized carbons (Fsp3) is 0.348. The Bertz CT molecular complexity index is 1090. The molecule has 0 saturated carbocycles. The zero-order chi connectivity index (χ0) is 22.1. The number of benzene rings is 1. The monoisotopic (exact) mass is 416 g/mol. The van der Waals surface area contributed by atoms with Crippen LogP contribution in [0.2, 0.25) is 0 Å². The van der Waals surface area contributed by atoms with Crippen molar-refractivity contribution >= 4 is 23.8 Å². The number of anilines is 1. The Morgan fingerprint density at radius 2 is 2.03 bits per heavy atom. The molecule has 0 N–H and O–H groups in total. The van der Waals surface area contributed by atoms with E-state index in [1.807, 2.05) is 11.8 Å². The number of hydrazone groups is 1. The molecular formula is C23H24N6O2.